The van der Waals surface area contributed by atoms with Gasteiger partial charge in [0.2, 0.25) is 0 Å². The van der Waals surface area contributed by atoms with Crippen LogP contribution in [0.2, 0.25) is 5.02 Å². The van der Waals surface area contributed by atoms with E-state index in [4.69, 9.17) is 20.8 Å². The van der Waals surface area contributed by atoms with E-state index in [-0.39, 0.29) is 12.4 Å². The number of halogens is 2. The number of ether oxygens (including phenoxy) is 1. The van der Waals surface area contributed by atoms with Crippen molar-refractivity contribution in [2.45, 2.75) is 32.4 Å². The monoisotopic (exact) mass is 558 g/mol. The molecular formula is C31H28ClFN4O3. The Balaban J connectivity index is 1.27. The van der Waals surface area contributed by atoms with Crippen molar-refractivity contribution in [3.8, 4) is 17.1 Å². The third kappa shape index (κ3) is 7.02. The molecule has 2 aromatic heterocycles. The van der Waals surface area contributed by atoms with Crippen LogP contribution in [0.4, 0.5) is 15.9 Å². The molecule has 0 radical (unpaired) electrons. The van der Waals surface area contributed by atoms with Crippen molar-refractivity contribution in [2.75, 3.05) is 11.9 Å². The fourth-order valence-electron chi connectivity index (χ4n) is 4.25. The van der Waals surface area contributed by atoms with E-state index >= 15 is 0 Å². The number of anilines is 2. The molecule has 0 aliphatic heterocycles. The molecule has 2 N–H and O–H groups in total. The van der Waals surface area contributed by atoms with Crippen LogP contribution in [-0.4, -0.2) is 22.8 Å². The quantitative estimate of drug-likeness (QED) is 0.114. The number of fused-ring (bicyclic) bond motifs is 1. The first kappa shape index (κ1) is 27.3. The Hall–Kier alpha value is -4.27. The molecule has 40 heavy (non-hydrogen) atoms. The molecule has 0 aliphatic rings. The van der Waals surface area contributed by atoms with Crippen LogP contribution in [0.25, 0.3) is 22.2 Å². The number of rotatable bonds is 13. The maximum Gasteiger partial charge on any atom is 0.141 e. The lowest BCUT2D eigenvalue weighted by atomic mass is 10.1. The summed E-state index contributed by atoms with van der Waals surface area (Å²) in [4.78, 5) is 19.3. The number of nitrogens with one attached hydrogen (secondary N) is 2. The smallest absolute Gasteiger partial charge is 0.141 e. The van der Waals surface area contributed by atoms with Crippen molar-refractivity contribution in [3.05, 3.63) is 101 Å². The lowest BCUT2D eigenvalue weighted by Gasteiger charge is -2.12. The van der Waals surface area contributed by atoms with Crippen molar-refractivity contribution >= 4 is 40.3 Å². The largest absolute Gasteiger partial charge is 0.487 e. The molecule has 7 nitrogen and oxygen atoms in total. The minimum absolute atomic E-state index is 0.204. The van der Waals surface area contributed by atoms with Crippen molar-refractivity contribution in [2.24, 2.45) is 0 Å². The van der Waals surface area contributed by atoms with Crippen LogP contribution in [0.1, 0.15) is 30.6 Å². The molecule has 0 saturated carbocycles. The van der Waals surface area contributed by atoms with Crippen molar-refractivity contribution in [1.82, 2.24) is 15.3 Å². The third-order valence-corrected chi connectivity index (χ3v) is 6.58. The molecule has 0 fully saturated rings. The number of benzene rings is 3. The van der Waals surface area contributed by atoms with Crippen LogP contribution >= 0.6 is 11.6 Å². The van der Waals surface area contributed by atoms with Crippen LogP contribution in [-0.2, 0) is 17.9 Å². The maximum absolute atomic E-state index is 13.4. The van der Waals surface area contributed by atoms with E-state index in [1.807, 2.05) is 36.4 Å². The van der Waals surface area contributed by atoms with Crippen LogP contribution < -0.4 is 15.4 Å². The van der Waals surface area contributed by atoms with E-state index in [0.29, 0.717) is 35.1 Å². The number of furan rings is 1. The predicted octanol–water partition coefficient (Wildman–Crippen LogP) is 7.46. The Labute approximate surface area is 236 Å². The Morgan fingerprint density at radius 2 is 1.93 bits per heavy atom. The van der Waals surface area contributed by atoms with E-state index in [0.717, 1.165) is 59.3 Å². The molecule has 5 aromatic rings. The average molecular weight is 559 g/mol. The normalized spacial score (nSPS) is 11.1. The van der Waals surface area contributed by atoms with Gasteiger partial charge in [0.1, 0.15) is 48.1 Å². The van der Waals surface area contributed by atoms with Gasteiger partial charge in [-0.3, -0.25) is 0 Å². The fraction of sp³-hybridized carbons (Fsp3) is 0.194. The SMILES string of the molecule is O=CCCCCNCc1ccc(-c2ccc3ncnc(Nc4ccc(OCc5cccc(F)c5)c(Cl)c4)c3c2)o1. The molecule has 0 spiro atoms. The molecular weight excluding hydrogens is 531 g/mol. The summed E-state index contributed by atoms with van der Waals surface area (Å²) in [6.07, 6.45) is 4.89. The summed E-state index contributed by atoms with van der Waals surface area (Å²) in [5.74, 6) is 2.39. The zero-order chi connectivity index (χ0) is 27.7. The number of unbranched alkanes of at least 4 members (excludes halogenated alkanes) is 2. The lowest BCUT2D eigenvalue weighted by Crippen LogP contribution is -2.14. The summed E-state index contributed by atoms with van der Waals surface area (Å²) in [6, 6.07) is 21.4. The summed E-state index contributed by atoms with van der Waals surface area (Å²) >= 11 is 6.48. The van der Waals surface area contributed by atoms with Gasteiger partial charge in [0, 0.05) is 23.1 Å². The number of aromatic nitrogens is 2. The number of hydrogen-bond donors (Lipinski definition) is 2. The van der Waals surface area contributed by atoms with Gasteiger partial charge >= 0.3 is 0 Å². The Kier molecular flexibility index (Phi) is 9.00. The number of nitrogens with zero attached hydrogens (tertiary/aromatic N) is 2. The minimum Gasteiger partial charge on any atom is -0.487 e. The highest BCUT2D eigenvalue weighted by atomic mass is 35.5. The first-order valence-electron chi connectivity index (χ1n) is 13.0. The Morgan fingerprint density at radius 3 is 2.77 bits per heavy atom. The van der Waals surface area contributed by atoms with Gasteiger partial charge in [-0.1, -0.05) is 23.7 Å². The zero-order valence-corrected chi connectivity index (χ0v) is 22.5. The van der Waals surface area contributed by atoms with Gasteiger partial charge < -0.3 is 24.6 Å². The van der Waals surface area contributed by atoms with Gasteiger partial charge in [0.05, 0.1) is 17.1 Å². The second-order valence-electron chi connectivity index (χ2n) is 9.25. The van der Waals surface area contributed by atoms with Gasteiger partial charge in [-0.2, -0.15) is 0 Å². The number of carbonyl (C=O) groups excluding carboxylic acids is 1. The molecule has 0 aliphatic carbocycles. The summed E-state index contributed by atoms with van der Waals surface area (Å²) in [7, 11) is 0. The van der Waals surface area contributed by atoms with E-state index < -0.39 is 0 Å². The highest BCUT2D eigenvalue weighted by molar-refractivity contribution is 6.32. The minimum atomic E-state index is -0.310. The first-order chi connectivity index (χ1) is 19.6. The standard InChI is InChI=1S/C31H28ClFN4O3/c32-27-17-24(8-11-30(27)39-19-21-5-4-6-23(33)15-21)37-31-26-16-22(7-10-28(26)35-20-36-31)29-12-9-25(40-29)18-34-13-2-1-3-14-38/h4-12,14-17,20,34H,1-3,13,18-19H2,(H,35,36,37). The molecule has 204 valence electrons. The second kappa shape index (κ2) is 13.2. The van der Waals surface area contributed by atoms with Gasteiger partial charge in [0.15, 0.2) is 0 Å². The predicted molar refractivity (Wildman–Crippen MR) is 154 cm³/mol. The summed E-state index contributed by atoms with van der Waals surface area (Å²) in [6.45, 7) is 1.65. The van der Waals surface area contributed by atoms with E-state index in [1.54, 1.807) is 24.3 Å². The summed E-state index contributed by atoms with van der Waals surface area (Å²) < 4.78 is 25.3. The molecule has 2 heterocycles. The number of carbonyl (C=O) groups is 1. The summed E-state index contributed by atoms with van der Waals surface area (Å²) in [5, 5.41) is 7.91. The van der Waals surface area contributed by atoms with Crippen molar-refractivity contribution in [1.29, 1.82) is 0 Å². The van der Waals surface area contributed by atoms with Crippen molar-refractivity contribution < 1.29 is 18.3 Å². The van der Waals surface area contributed by atoms with Gasteiger partial charge in [0.25, 0.3) is 0 Å². The topological polar surface area (TPSA) is 89.3 Å². The maximum atomic E-state index is 13.4. The molecule has 0 saturated heterocycles. The van der Waals surface area contributed by atoms with E-state index in [9.17, 15) is 9.18 Å². The van der Waals surface area contributed by atoms with Crippen LogP contribution in [0.3, 0.4) is 0 Å². The number of aldehydes is 1. The van der Waals surface area contributed by atoms with Gasteiger partial charge in [-0.05, 0) is 85.6 Å². The highest BCUT2D eigenvalue weighted by Crippen LogP contribution is 2.32. The zero-order valence-electron chi connectivity index (χ0n) is 21.7. The molecule has 3 aromatic carbocycles. The molecule has 0 unspecified atom stereocenters. The lowest BCUT2D eigenvalue weighted by molar-refractivity contribution is -0.107. The highest BCUT2D eigenvalue weighted by Gasteiger charge is 2.11. The Bertz CT molecular complexity index is 1610. The molecule has 0 amide bonds. The molecule has 0 bridgehead atoms. The van der Waals surface area contributed by atoms with E-state index in [1.165, 1.54) is 18.5 Å². The average Bonchev–Trinajstić information content (AvgIpc) is 3.43. The third-order valence-electron chi connectivity index (χ3n) is 6.28. The van der Waals surface area contributed by atoms with Crippen LogP contribution in [0.15, 0.2) is 83.5 Å². The van der Waals surface area contributed by atoms with E-state index in [2.05, 4.69) is 20.6 Å². The van der Waals surface area contributed by atoms with Gasteiger partial charge in [-0.25, -0.2) is 14.4 Å². The van der Waals surface area contributed by atoms with Gasteiger partial charge in [-0.15, -0.1) is 0 Å². The fourth-order valence-corrected chi connectivity index (χ4v) is 4.48. The molecule has 0 atom stereocenters. The second-order valence-corrected chi connectivity index (χ2v) is 9.66. The van der Waals surface area contributed by atoms with Crippen LogP contribution in [0.5, 0.6) is 5.75 Å². The number of hydrogen-bond acceptors (Lipinski definition) is 7. The Morgan fingerprint density at radius 1 is 1.00 bits per heavy atom. The van der Waals surface area contributed by atoms with Crippen LogP contribution in [0, 0.1) is 5.82 Å². The van der Waals surface area contributed by atoms with Crippen molar-refractivity contribution in [3.63, 3.8) is 0 Å². The first-order valence-corrected chi connectivity index (χ1v) is 13.4. The molecule has 5 rings (SSSR count). The molecule has 9 heteroatoms. The summed E-state index contributed by atoms with van der Waals surface area (Å²) in [5.41, 5.74) is 3.13.